The number of ether oxygens (including phenoxy) is 1. The van der Waals surface area contributed by atoms with Crippen LogP contribution in [0.25, 0.3) is 0 Å². The summed E-state index contributed by atoms with van der Waals surface area (Å²) in [6.07, 6.45) is 0.550. The number of halogens is 1. The van der Waals surface area contributed by atoms with Crippen molar-refractivity contribution in [1.82, 2.24) is 0 Å². The van der Waals surface area contributed by atoms with E-state index in [1.165, 1.54) is 4.31 Å². The molecule has 1 aliphatic rings. The van der Waals surface area contributed by atoms with E-state index in [-0.39, 0.29) is 18.9 Å². The average Bonchev–Trinajstić information content (AvgIpc) is 2.78. The maximum atomic E-state index is 12.7. The van der Waals surface area contributed by atoms with Crippen molar-refractivity contribution >= 4 is 38.9 Å². The van der Waals surface area contributed by atoms with Gasteiger partial charge in [-0.15, -0.1) is 0 Å². The van der Waals surface area contributed by atoms with Crippen LogP contribution in [0.3, 0.4) is 0 Å². The second-order valence-corrected chi connectivity index (χ2v) is 8.41. The number of nitrogens with one attached hydrogen (secondary N) is 1. The van der Waals surface area contributed by atoms with E-state index >= 15 is 0 Å². The lowest BCUT2D eigenvalue weighted by molar-refractivity contribution is -0.122. The standard InChI is InChI=1S/C18H19ClN2O4S/c1-12-13(19)6-5-7-14(12)20-18(22)17-10-11-21(26(2,23)24)15-8-3-4-9-16(15)25-17/h3-9,17H,10-11H2,1-2H3,(H,20,22)/t17-/m1/s1. The molecule has 0 bridgehead atoms. The van der Waals surface area contributed by atoms with Crippen molar-refractivity contribution < 1.29 is 17.9 Å². The van der Waals surface area contributed by atoms with E-state index < -0.39 is 16.1 Å². The number of anilines is 2. The third kappa shape index (κ3) is 3.78. The minimum atomic E-state index is -3.48. The lowest BCUT2D eigenvalue weighted by Crippen LogP contribution is -2.36. The number of nitrogens with zero attached hydrogens (tertiary/aromatic N) is 1. The van der Waals surface area contributed by atoms with Gasteiger partial charge in [0.05, 0.1) is 11.9 Å². The molecule has 2 aromatic carbocycles. The Bertz CT molecular complexity index is 946. The van der Waals surface area contributed by atoms with Crippen LogP contribution in [-0.2, 0) is 14.8 Å². The second-order valence-electron chi connectivity index (χ2n) is 6.10. The minimum absolute atomic E-state index is 0.155. The highest BCUT2D eigenvalue weighted by atomic mass is 35.5. The summed E-state index contributed by atoms with van der Waals surface area (Å²) in [4.78, 5) is 12.7. The summed E-state index contributed by atoms with van der Waals surface area (Å²) >= 11 is 6.09. The van der Waals surface area contributed by atoms with E-state index in [1.54, 1.807) is 42.5 Å². The molecule has 138 valence electrons. The Kier molecular flexibility index (Phi) is 5.11. The fourth-order valence-electron chi connectivity index (χ4n) is 2.82. The normalized spacial score (nSPS) is 17.0. The SMILES string of the molecule is Cc1c(Cl)cccc1NC(=O)[C@H]1CCN(S(C)(=O)=O)c2ccccc2O1. The number of benzene rings is 2. The van der Waals surface area contributed by atoms with Crippen LogP contribution in [0.2, 0.25) is 5.02 Å². The lowest BCUT2D eigenvalue weighted by atomic mass is 10.1. The zero-order valence-corrected chi connectivity index (χ0v) is 16.0. The van der Waals surface area contributed by atoms with Crippen LogP contribution in [-0.4, -0.2) is 33.2 Å². The summed E-state index contributed by atoms with van der Waals surface area (Å²) in [5.74, 6) is 0.0129. The van der Waals surface area contributed by atoms with Crippen LogP contribution < -0.4 is 14.4 Å². The van der Waals surface area contributed by atoms with Gasteiger partial charge in [-0.1, -0.05) is 29.8 Å². The lowest BCUT2D eigenvalue weighted by Gasteiger charge is -2.20. The van der Waals surface area contributed by atoms with Gasteiger partial charge in [0, 0.05) is 23.7 Å². The van der Waals surface area contributed by atoms with Crippen LogP contribution in [0, 0.1) is 6.92 Å². The Morgan fingerprint density at radius 1 is 1.23 bits per heavy atom. The van der Waals surface area contributed by atoms with Crippen molar-refractivity contribution in [2.45, 2.75) is 19.4 Å². The summed E-state index contributed by atoms with van der Waals surface area (Å²) in [6, 6.07) is 12.0. The van der Waals surface area contributed by atoms with Gasteiger partial charge in [-0.05, 0) is 36.8 Å². The topological polar surface area (TPSA) is 75.7 Å². The highest BCUT2D eigenvalue weighted by Crippen LogP contribution is 2.34. The van der Waals surface area contributed by atoms with Gasteiger partial charge in [-0.25, -0.2) is 8.42 Å². The number of hydrogen-bond donors (Lipinski definition) is 1. The molecule has 1 N–H and O–H groups in total. The summed E-state index contributed by atoms with van der Waals surface area (Å²) in [5.41, 5.74) is 1.79. The van der Waals surface area contributed by atoms with Gasteiger partial charge >= 0.3 is 0 Å². The molecule has 0 saturated heterocycles. The second kappa shape index (κ2) is 7.17. The van der Waals surface area contributed by atoms with E-state index in [9.17, 15) is 13.2 Å². The molecule has 6 nitrogen and oxygen atoms in total. The van der Waals surface area contributed by atoms with E-state index in [4.69, 9.17) is 16.3 Å². The Hall–Kier alpha value is -2.25. The van der Waals surface area contributed by atoms with Crippen LogP contribution in [0.15, 0.2) is 42.5 Å². The summed E-state index contributed by atoms with van der Waals surface area (Å²) in [6.45, 7) is 1.97. The molecule has 0 saturated carbocycles. The van der Waals surface area contributed by atoms with Gasteiger partial charge in [0.1, 0.15) is 5.75 Å². The first-order valence-corrected chi connectivity index (χ1v) is 10.3. The van der Waals surface area contributed by atoms with Crippen LogP contribution >= 0.6 is 11.6 Å². The number of sulfonamides is 1. The van der Waals surface area contributed by atoms with Gasteiger partial charge in [0.15, 0.2) is 6.10 Å². The monoisotopic (exact) mass is 394 g/mol. The third-order valence-electron chi connectivity index (χ3n) is 4.22. The molecule has 0 radical (unpaired) electrons. The zero-order chi connectivity index (χ0) is 18.9. The number of carbonyl (C=O) groups excluding carboxylic acids is 1. The third-order valence-corrected chi connectivity index (χ3v) is 5.81. The molecule has 1 atom stereocenters. The van der Waals surface area contributed by atoms with E-state index in [0.717, 1.165) is 11.8 Å². The van der Waals surface area contributed by atoms with E-state index in [0.29, 0.717) is 22.1 Å². The number of para-hydroxylation sites is 2. The van der Waals surface area contributed by atoms with Gasteiger partial charge in [-0.3, -0.25) is 9.10 Å². The first-order valence-electron chi connectivity index (χ1n) is 8.07. The van der Waals surface area contributed by atoms with Crippen molar-refractivity contribution in [3.8, 4) is 5.75 Å². The number of rotatable bonds is 3. The highest BCUT2D eigenvalue weighted by molar-refractivity contribution is 7.92. The molecule has 26 heavy (non-hydrogen) atoms. The Labute approximate surface area is 157 Å². The number of carbonyl (C=O) groups is 1. The first-order chi connectivity index (χ1) is 12.3. The predicted molar refractivity (Wildman–Crippen MR) is 102 cm³/mol. The maximum Gasteiger partial charge on any atom is 0.265 e. The largest absolute Gasteiger partial charge is 0.478 e. The summed E-state index contributed by atoms with van der Waals surface area (Å²) in [7, 11) is -3.48. The number of hydrogen-bond acceptors (Lipinski definition) is 4. The summed E-state index contributed by atoms with van der Waals surface area (Å²) < 4.78 is 31.3. The van der Waals surface area contributed by atoms with Crippen LogP contribution in [0.4, 0.5) is 11.4 Å². The van der Waals surface area contributed by atoms with Crippen molar-refractivity contribution in [2.24, 2.45) is 0 Å². The van der Waals surface area contributed by atoms with Gasteiger partial charge in [0.25, 0.3) is 5.91 Å². The molecule has 0 fully saturated rings. The molecular formula is C18H19ClN2O4S. The molecule has 1 heterocycles. The van der Waals surface area contributed by atoms with Crippen LogP contribution in [0.1, 0.15) is 12.0 Å². The average molecular weight is 395 g/mol. The van der Waals surface area contributed by atoms with Crippen molar-refractivity contribution in [1.29, 1.82) is 0 Å². The number of fused-ring (bicyclic) bond motifs is 1. The molecule has 0 unspecified atom stereocenters. The molecule has 1 aliphatic heterocycles. The Balaban J connectivity index is 1.87. The first kappa shape index (κ1) is 18.5. The molecule has 8 heteroatoms. The fraction of sp³-hybridized carbons (Fsp3) is 0.278. The van der Waals surface area contributed by atoms with Crippen LogP contribution in [0.5, 0.6) is 5.75 Å². The van der Waals surface area contributed by atoms with Gasteiger partial charge in [-0.2, -0.15) is 0 Å². The molecule has 0 spiro atoms. The fourth-order valence-corrected chi connectivity index (χ4v) is 3.93. The molecular weight excluding hydrogens is 376 g/mol. The smallest absolute Gasteiger partial charge is 0.265 e. The van der Waals surface area contributed by atoms with Crippen molar-refractivity contribution in [3.63, 3.8) is 0 Å². The summed E-state index contributed by atoms with van der Waals surface area (Å²) in [5, 5.41) is 3.37. The van der Waals surface area contributed by atoms with Crippen molar-refractivity contribution in [2.75, 3.05) is 22.4 Å². The van der Waals surface area contributed by atoms with E-state index in [1.807, 2.05) is 6.92 Å². The maximum absolute atomic E-state index is 12.7. The molecule has 3 rings (SSSR count). The molecule has 2 aromatic rings. The highest BCUT2D eigenvalue weighted by Gasteiger charge is 2.31. The van der Waals surface area contributed by atoms with E-state index in [2.05, 4.69) is 5.32 Å². The molecule has 0 aromatic heterocycles. The van der Waals surface area contributed by atoms with Gasteiger partial charge < -0.3 is 10.1 Å². The molecule has 1 amide bonds. The quantitative estimate of drug-likeness (QED) is 0.867. The molecule has 0 aliphatic carbocycles. The minimum Gasteiger partial charge on any atom is -0.478 e. The Morgan fingerprint density at radius 2 is 1.96 bits per heavy atom. The number of amides is 1. The predicted octanol–water partition coefficient (Wildman–Crippen LogP) is 3.20. The Morgan fingerprint density at radius 3 is 2.69 bits per heavy atom. The zero-order valence-electron chi connectivity index (χ0n) is 14.4. The van der Waals surface area contributed by atoms with Crippen molar-refractivity contribution in [3.05, 3.63) is 53.1 Å². The van der Waals surface area contributed by atoms with Gasteiger partial charge in [0.2, 0.25) is 10.0 Å².